The Bertz CT molecular complexity index is 847. The number of nitrogens with one attached hydrogen (secondary N) is 1. The molecule has 1 amide bonds. The van der Waals surface area contributed by atoms with Crippen molar-refractivity contribution in [2.45, 2.75) is 31.6 Å². The van der Waals surface area contributed by atoms with Gasteiger partial charge in [-0.05, 0) is 19.9 Å². The molecule has 6 nitrogen and oxygen atoms in total. The number of amides is 1. The van der Waals surface area contributed by atoms with Crippen molar-refractivity contribution in [1.29, 1.82) is 0 Å². The largest absolute Gasteiger partial charge is 0.496 e. The number of ether oxygens (including phenoxy) is 1. The highest BCUT2D eigenvalue weighted by Crippen LogP contribution is 2.26. The van der Waals surface area contributed by atoms with Crippen LogP contribution in [-0.4, -0.2) is 28.3 Å². The molecule has 1 atom stereocenters. The van der Waals surface area contributed by atoms with Gasteiger partial charge in [-0.1, -0.05) is 29.5 Å². The summed E-state index contributed by atoms with van der Waals surface area (Å²) in [5.41, 5.74) is 1.73. The molecule has 0 radical (unpaired) electrons. The Morgan fingerprint density at radius 2 is 2.25 bits per heavy atom. The molecule has 0 fully saturated rings. The van der Waals surface area contributed by atoms with Crippen LogP contribution in [0.15, 0.2) is 34.3 Å². The summed E-state index contributed by atoms with van der Waals surface area (Å²) in [6.45, 7) is 4.43. The van der Waals surface area contributed by atoms with E-state index < -0.39 is 5.91 Å². The standard InChI is InChI=1S/C17H19N3O3S/c1-10-4-5-14(23-3)12(8-10)11(2)19-15(21)13-9-18-17-20(16(13)22)6-7-24-17/h4-5,8-9,11H,6-7H2,1-3H3,(H,19,21)/t11-/m0/s1. The number of carbonyl (C=O) groups excluding carboxylic acids is 1. The van der Waals surface area contributed by atoms with Gasteiger partial charge in [0.1, 0.15) is 11.3 Å². The minimum absolute atomic E-state index is 0.0692. The first-order chi connectivity index (χ1) is 11.5. The molecule has 0 aliphatic carbocycles. The van der Waals surface area contributed by atoms with Crippen LogP contribution in [0.5, 0.6) is 5.75 Å². The van der Waals surface area contributed by atoms with Crippen molar-refractivity contribution in [3.05, 3.63) is 51.4 Å². The second-order valence-corrected chi connectivity index (χ2v) is 6.76. The van der Waals surface area contributed by atoms with E-state index in [4.69, 9.17) is 4.74 Å². The lowest BCUT2D eigenvalue weighted by Crippen LogP contribution is -2.34. The normalized spacial score (nSPS) is 14.1. The van der Waals surface area contributed by atoms with Gasteiger partial charge in [-0.15, -0.1) is 0 Å². The molecule has 0 saturated heterocycles. The third-order valence-corrected chi connectivity index (χ3v) is 4.97. The number of benzene rings is 1. The Labute approximate surface area is 144 Å². The van der Waals surface area contributed by atoms with E-state index in [2.05, 4.69) is 10.3 Å². The van der Waals surface area contributed by atoms with Crippen LogP contribution in [0.1, 0.15) is 34.5 Å². The fourth-order valence-corrected chi connectivity index (χ4v) is 3.63. The van der Waals surface area contributed by atoms with Gasteiger partial charge in [0.05, 0.1) is 13.2 Å². The molecule has 3 rings (SSSR count). The molecule has 0 unspecified atom stereocenters. The van der Waals surface area contributed by atoms with Crippen molar-refractivity contribution in [2.24, 2.45) is 0 Å². The molecule has 126 valence electrons. The average Bonchev–Trinajstić information content (AvgIpc) is 3.04. The van der Waals surface area contributed by atoms with Crippen LogP contribution in [-0.2, 0) is 6.54 Å². The minimum atomic E-state index is -0.421. The number of methoxy groups -OCH3 is 1. The fraction of sp³-hybridized carbons (Fsp3) is 0.353. The van der Waals surface area contributed by atoms with Gasteiger partial charge >= 0.3 is 0 Å². The van der Waals surface area contributed by atoms with Crippen molar-refractivity contribution < 1.29 is 9.53 Å². The van der Waals surface area contributed by atoms with Crippen molar-refractivity contribution in [3.8, 4) is 5.75 Å². The molecule has 1 aromatic carbocycles. The zero-order valence-electron chi connectivity index (χ0n) is 13.8. The number of hydrogen-bond acceptors (Lipinski definition) is 5. The average molecular weight is 345 g/mol. The van der Waals surface area contributed by atoms with Crippen LogP contribution in [0.3, 0.4) is 0 Å². The first-order valence-corrected chi connectivity index (χ1v) is 8.68. The highest BCUT2D eigenvalue weighted by Gasteiger charge is 2.22. The molecule has 2 heterocycles. The number of nitrogens with zero attached hydrogens (tertiary/aromatic N) is 2. The second-order valence-electron chi connectivity index (χ2n) is 5.70. The molecule has 1 aliphatic rings. The Morgan fingerprint density at radius 1 is 1.46 bits per heavy atom. The topological polar surface area (TPSA) is 73.2 Å². The molecule has 0 saturated carbocycles. The Balaban J connectivity index is 1.85. The third-order valence-electron chi connectivity index (χ3n) is 4.00. The second kappa shape index (κ2) is 6.68. The molecule has 1 N–H and O–H groups in total. The number of fused-ring (bicyclic) bond motifs is 1. The lowest BCUT2D eigenvalue weighted by molar-refractivity contribution is 0.0936. The van der Waals surface area contributed by atoms with Crippen LogP contribution in [0, 0.1) is 6.92 Å². The predicted molar refractivity (Wildman–Crippen MR) is 92.8 cm³/mol. The molecular formula is C17H19N3O3S. The summed E-state index contributed by atoms with van der Waals surface area (Å²) in [7, 11) is 1.59. The zero-order chi connectivity index (χ0) is 17.3. The van der Waals surface area contributed by atoms with Gasteiger partial charge in [-0.25, -0.2) is 4.98 Å². The molecular weight excluding hydrogens is 326 g/mol. The molecule has 7 heteroatoms. The zero-order valence-corrected chi connectivity index (χ0v) is 14.6. The number of aromatic nitrogens is 2. The maximum Gasteiger partial charge on any atom is 0.267 e. The number of thioether (sulfide) groups is 1. The van der Waals surface area contributed by atoms with Gasteiger partial charge in [-0.2, -0.15) is 0 Å². The summed E-state index contributed by atoms with van der Waals surface area (Å²) in [5.74, 6) is 1.09. The third kappa shape index (κ3) is 3.03. The highest BCUT2D eigenvalue weighted by atomic mass is 32.2. The van der Waals surface area contributed by atoms with Crippen molar-refractivity contribution >= 4 is 17.7 Å². The van der Waals surface area contributed by atoms with Crippen molar-refractivity contribution in [2.75, 3.05) is 12.9 Å². The smallest absolute Gasteiger partial charge is 0.267 e. The lowest BCUT2D eigenvalue weighted by atomic mass is 10.0. The Kier molecular flexibility index (Phi) is 4.62. The first kappa shape index (κ1) is 16.6. The summed E-state index contributed by atoms with van der Waals surface area (Å²) in [6, 6.07) is 5.50. The predicted octanol–water partition coefficient (Wildman–Crippen LogP) is 2.16. The van der Waals surface area contributed by atoms with Crippen molar-refractivity contribution in [1.82, 2.24) is 14.9 Å². The molecule has 24 heavy (non-hydrogen) atoms. The van der Waals surface area contributed by atoms with Gasteiger partial charge in [-0.3, -0.25) is 14.2 Å². The van der Waals surface area contributed by atoms with E-state index in [1.165, 1.54) is 18.0 Å². The van der Waals surface area contributed by atoms with Gasteiger partial charge in [0.25, 0.3) is 11.5 Å². The number of aryl methyl sites for hydroxylation is 1. The number of rotatable bonds is 4. The van der Waals surface area contributed by atoms with E-state index in [9.17, 15) is 9.59 Å². The van der Waals surface area contributed by atoms with Gasteiger partial charge in [0.2, 0.25) is 0 Å². The van der Waals surface area contributed by atoms with Crippen LogP contribution in [0.2, 0.25) is 0 Å². The monoisotopic (exact) mass is 345 g/mol. The molecule has 1 aliphatic heterocycles. The summed E-state index contributed by atoms with van der Waals surface area (Å²) >= 11 is 1.52. The summed E-state index contributed by atoms with van der Waals surface area (Å²) in [4.78, 5) is 29.2. The van der Waals surface area contributed by atoms with E-state index in [0.29, 0.717) is 17.5 Å². The van der Waals surface area contributed by atoms with Gasteiger partial charge < -0.3 is 10.1 Å². The number of carbonyl (C=O) groups is 1. The number of hydrogen-bond donors (Lipinski definition) is 1. The van der Waals surface area contributed by atoms with Gasteiger partial charge in [0, 0.05) is 24.1 Å². The van der Waals surface area contributed by atoms with Crippen LogP contribution < -0.4 is 15.6 Å². The Morgan fingerprint density at radius 3 is 3.00 bits per heavy atom. The van der Waals surface area contributed by atoms with E-state index in [-0.39, 0.29) is 17.2 Å². The van der Waals surface area contributed by atoms with E-state index in [0.717, 1.165) is 16.9 Å². The minimum Gasteiger partial charge on any atom is -0.496 e. The molecule has 2 aromatic rings. The maximum absolute atomic E-state index is 12.5. The quantitative estimate of drug-likeness (QED) is 0.860. The van der Waals surface area contributed by atoms with Crippen LogP contribution in [0.25, 0.3) is 0 Å². The highest BCUT2D eigenvalue weighted by molar-refractivity contribution is 7.99. The van der Waals surface area contributed by atoms with Crippen molar-refractivity contribution in [3.63, 3.8) is 0 Å². The summed E-state index contributed by atoms with van der Waals surface area (Å²) < 4.78 is 6.91. The molecule has 0 bridgehead atoms. The summed E-state index contributed by atoms with van der Waals surface area (Å²) in [6.07, 6.45) is 1.36. The van der Waals surface area contributed by atoms with Crippen LogP contribution in [0.4, 0.5) is 0 Å². The summed E-state index contributed by atoms with van der Waals surface area (Å²) in [5, 5.41) is 3.54. The maximum atomic E-state index is 12.5. The first-order valence-electron chi connectivity index (χ1n) is 7.69. The molecule has 0 spiro atoms. The van der Waals surface area contributed by atoms with Crippen LogP contribution >= 0.6 is 11.8 Å². The lowest BCUT2D eigenvalue weighted by Gasteiger charge is -2.18. The Hall–Kier alpha value is -2.28. The van der Waals surface area contributed by atoms with E-state index >= 15 is 0 Å². The van der Waals surface area contributed by atoms with Gasteiger partial charge in [0.15, 0.2) is 5.16 Å². The van der Waals surface area contributed by atoms with E-state index in [1.807, 2.05) is 32.0 Å². The fourth-order valence-electron chi connectivity index (χ4n) is 2.72. The van der Waals surface area contributed by atoms with E-state index in [1.54, 1.807) is 11.7 Å². The molecule has 1 aromatic heterocycles. The SMILES string of the molecule is COc1ccc(C)cc1[C@H](C)NC(=O)c1cnc2n(c1=O)CCS2.